The van der Waals surface area contributed by atoms with Gasteiger partial charge in [-0.15, -0.1) is 0 Å². The highest BCUT2D eigenvalue weighted by Crippen LogP contribution is 2.31. The molecule has 0 aliphatic carbocycles. The first-order valence-corrected chi connectivity index (χ1v) is 6.69. The number of alkyl halides is 3. The predicted octanol–water partition coefficient (Wildman–Crippen LogP) is 3.07. The van der Waals surface area contributed by atoms with Crippen LogP contribution in [0.2, 0.25) is 0 Å². The largest absolute Gasteiger partial charge is 0.496 e. The number of nitrogens with one attached hydrogen (secondary N) is 1. The second-order valence-corrected chi connectivity index (χ2v) is 4.81. The molecule has 2 aromatic carbocycles. The number of halogens is 3. The van der Waals surface area contributed by atoms with Gasteiger partial charge in [0.25, 0.3) is 5.91 Å². The molecule has 0 unspecified atom stereocenters. The molecule has 24 heavy (non-hydrogen) atoms. The first-order valence-electron chi connectivity index (χ1n) is 6.69. The fourth-order valence-corrected chi connectivity index (χ4v) is 2.01. The van der Waals surface area contributed by atoms with E-state index in [1.54, 1.807) is 0 Å². The number of rotatable bonds is 4. The van der Waals surface area contributed by atoms with Crippen LogP contribution < -0.4 is 15.8 Å². The summed E-state index contributed by atoms with van der Waals surface area (Å²) in [7, 11) is 1.32. The fourth-order valence-electron chi connectivity index (χ4n) is 2.01. The Hall–Kier alpha value is -3.03. The van der Waals surface area contributed by atoms with E-state index >= 15 is 0 Å². The van der Waals surface area contributed by atoms with Crippen LogP contribution in [0.3, 0.4) is 0 Å². The van der Waals surface area contributed by atoms with Gasteiger partial charge >= 0.3 is 6.18 Å². The van der Waals surface area contributed by atoms with Crippen LogP contribution in [-0.4, -0.2) is 18.9 Å². The van der Waals surface area contributed by atoms with E-state index in [0.29, 0.717) is 0 Å². The molecule has 0 aliphatic heterocycles. The van der Waals surface area contributed by atoms with Gasteiger partial charge in [-0.1, -0.05) is 6.07 Å². The summed E-state index contributed by atoms with van der Waals surface area (Å²) < 4.78 is 43.1. The summed E-state index contributed by atoms with van der Waals surface area (Å²) in [6, 6.07) is 8.16. The highest BCUT2D eigenvalue weighted by atomic mass is 19.4. The number of amides is 2. The third-order valence-corrected chi connectivity index (χ3v) is 3.18. The first kappa shape index (κ1) is 17.3. The molecule has 0 fully saturated rings. The van der Waals surface area contributed by atoms with E-state index in [9.17, 15) is 22.8 Å². The summed E-state index contributed by atoms with van der Waals surface area (Å²) in [6.45, 7) is 0. The molecular weight excluding hydrogens is 325 g/mol. The van der Waals surface area contributed by atoms with Gasteiger partial charge in [-0.2, -0.15) is 13.2 Å². The van der Waals surface area contributed by atoms with Crippen molar-refractivity contribution in [3.05, 3.63) is 59.2 Å². The smallest absolute Gasteiger partial charge is 0.416 e. The third-order valence-electron chi connectivity index (χ3n) is 3.18. The molecule has 0 aromatic heterocycles. The van der Waals surface area contributed by atoms with E-state index in [0.717, 1.165) is 12.1 Å². The van der Waals surface area contributed by atoms with Crippen molar-refractivity contribution in [3.63, 3.8) is 0 Å². The zero-order valence-corrected chi connectivity index (χ0v) is 12.5. The maximum absolute atomic E-state index is 12.7. The van der Waals surface area contributed by atoms with Gasteiger partial charge in [0.2, 0.25) is 5.91 Å². The molecule has 8 heteroatoms. The van der Waals surface area contributed by atoms with Crippen molar-refractivity contribution in [2.24, 2.45) is 5.73 Å². The molecule has 0 saturated heterocycles. The van der Waals surface area contributed by atoms with E-state index in [2.05, 4.69) is 5.32 Å². The van der Waals surface area contributed by atoms with Gasteiger partial charge in [0, 0.05) is 11.3 Å². The number of nitrogens with two attached hydrogens (primary N) is 1. The summed E-state index contributed by atoms with van der Waals surface area (Å²) in [4.78, 5) is 23.5. The van der Waals surface area contributed by atoms with Gasteiger partial charge in [-0.25, -0.2) is 0 Å². The molecule has 0 bridgehead atoms. The lowest BCUT2D eigenvalue weighted by atomic mass is 10.1. The SMILES string of the molecule is COc1ccc(C(N)=O)cc1C(=O)Nc1cccc(C(F)(F)F)c1. The molecule has 2 amide bonds. The van der Waals surface area contributed by atoms with Crippen LogP contribution in [-0.2, 0) is 6.18 Å². The summed E-state index contributed by atoms with van der Waals surface area (Å²) in [5.41, 5.74) is 4.28. The Morgan fingerprint density at radius 1 is 1.12 bits per heavy atom. The minimum Gasteiger partial charge on any atom is -0.496 e. The maximum Gasteiger partial charge on any atom is 0.416 e. The molecular formula is C16H13F3N2O3. The number of ether oxygens (including phenoxy) is 1. The number of hydrogen-bond acceptors (Lipinski definition) is 3. The molecule has 3 N–H and O–H groups in total. The number of carbonyl (C=O) groups excluding carboxylic acids is 2. The average molecular weight is 338 g/mol. The summed E-state index contributed by atoms with van der Waals surface area (Å²) >= 11 is 0. The summed E-state index contributed by atoms with van der Waals surface area (Å²) in [6.07, 6.45) is -4.52. The lowest BCUT2D eigenvalue weighted by molar-refractivity contribution is -0.137. The fraction of sp³-hybridized carbons (Fsp3) is 0.125. The van der Waals surface area contributed by atoms with Crippen LogP contribution in [0.25, 0.3) is 0 Å². The second kappa shape index (κ2) is 6.61. The van der Waals surface area contributed by atoms with Crippen molar-refractivity contribution in [3.8, 4) is 5.75 Å². The Morgan fingerprint density at radius 3 is 2.42 bits per heavy atom. The van der Waals surface area contributed by atoms with Crippen LogP contribution in [0.4, 0.5) is 18.9 Å². The van der Waals surface area contributed by atoms with Crippen molar-refractivity contribution in [1.82, 2.24) is 0 Å². The van der Waals surface area contributed by atoms with Gasteiger partial charge in [-0.05, 0) is 36.4 Å². The van der Waals surface area contributed by atoms with Crippen LogP contribution in [0.1, 0.15) is 26.3 Å². The van der Waals surface area contributed by atoms with Gasteiger partial charge in [-0.3, -0.25) is 9.59 Å². The molecule has 0 atom stereocenters. The Morgan fingerprint density at radius 2 is 1.83 bits per heavy atom. The van der Waals surface area contributed by atoms with Crippen LogP contribution in [0, 0.1) is 0 Å². The zero-order chi connectivity index (χ0) is 17.9. The Kier molecular flexibility index (Phi) is 4.77. The maximum atomic E-state index is 12.7. The average Bonchev–Trinajstić information content (AvgIpc) is 2.53. The van der Waals surface area contributed by atoms with Gasteiger partial charge in [0.1, 0.15) is 5.75 Å². The number of hydrogen-bond donors (Lipinski definition) is 2. The van der Waals surface area contributed by atoms with E-state index < -0.39 is 23.6 Å². The van der Waals surface area contributed by atoms with Gasteiger partial charge < -0.3 is 15.8 Å². The Bertz CT molecular complexity index is 788. The topological polar surface area (TPSA) is 81.4 Å². The minimum absolute atomic E-state index is 0.0220. The van der Waals surface area contributed by atoms with Gasteiger partial charge in [0.15, 0.2) is 0 Å². The number of primary amides is 1. The van der Waals surface area contributed by atoms with Crippen LogP contribution in [0.15, 0.2) is 42.5 Å². The Labute approximate surface area is 135 Å². The molecule has 5 nitrogen and oxygen atoms in total. The third kappa shape index (κ3) is 3.83. The number of anilines is 1. The van der Waals surface area contributed by atoms with Crippen LogP contribution >= 0.6 is 0 Å². The van der Waals surface area contributed by atoms with Crippen molar-refractivity contribution < 1.29 is 27.5 Å². The minimum atomic E-state index is -4.52. The quantitative estimate of drug-likeness (QED) is 0.899. The zero-order valence-electron chi connectivity index (χ0n) is 12.5. The molecule has 0 spiro atoms. The summed E-state index contributed by atoms with van der Waals surface area (Å²) in [5.74, 6) is -1.32. The predicted molar refractivity (Wildman–Crippen MR) is 80.9 cm³/mol. The number of methoxy groups -OCH3 is 1. The molecule has 0 saturated carbocycles. The highest BCUT2D eigenvalue weighted by Gasteiger charge is 2.30. The van der Waals surface area contributed by atoms with E-state index in [1.165, 1.54) is 37.4 Å². The van der Waals surface area contributed by atoms with Crippen molar-refractivity contribution in [2.45, 2.75) is 6.18 Å². The monoisotopic (exact) mass is 338 g/mol. The normalized spacial score (nSPS) is 11.0. The molecule has 0 heterocycles. The van der Waals surface area contributed by atoms with E-state index in [-0.39, 0.29) is 22.6 Å². The molecule has 126 valence electrons. The van der Waals surface area contributed by atoms with Crippen molar-refractivity contribution in [2.75, 3.05) is 12.4 Å². The molecule has 2 rings (SSSR count). The molecule has 0 radical (unpaired) electrons. The van der Waals surface area contributed by atoms with Crippen LogP contribution in [0.5, 0.6) is 5.75 Å². The summed E-state index contributed by atoms with van der Waals surface area (Å²) in [5, 5.41) is 2.34. The van der Waals surface area contributed by atoms with E-state index in [4.69, 9.17) is 10.5 Å². The first-order chi connectivity index (χ1) is 11.2. The molecule has 0 aliphatic rings. The molecule has 2 aromatic rings. The number of carbonyl (C=O) groups is 2. The van der Waals surface area contributed by atoms with E-state index in [1.807, 2.05) is 0 Å². The highest BCUT2D eigenvalue weighted by molar-refractivity contribution is 6.07. The van der Waals surface area contributed by atoms with Crippen molar-refractivity contribution >= 4 is 17.5 Å². The Balaban J connectivity index is 2.33. The standard InChI is InChI=1S/C16H13F3N2O3/c1-24-13-6-5-9(14(20)22)7-12(13)15(23)21-11-4-2-3-10(8-11)16(17,18)19/h2-8H,1H3,(H2,20,22)(H,21,23). The lowest BCUT2D eigenvalue weighted by Crippen LogP contribution is -2.17. The van der Waals surface area contributed by atoms with Gasteiger partial charge in [0.05, 0.1) is 18.2 Å². The second-order valence-electron chi connectivity index (χ2n) is 4.81. The lowest BCUT2D eigenvalue weighted by Gasteiger charge is -2.12. The van der Waals surface area contributed by atoms with Crippen molar-refractivity contribution in [1.29, 1.82) is 0 Å². The number of benzene rings is 2.